The lowest BCUT2D eigenvalue weighted by molar-refractivity contribution is 0.0600. The third kappa shape index (κ3) is 2.66. The van der Waals surface area contributed by atoms with E-state index in [0.29, 0.717) is 11.1 Å². The van der Waals surface area contributed by atoms with Gasteiger partial charge >= 0.3 is 5.97 Å². The first-order chi connectivity index (χ1) is 11.4. The van der Waals surface area contributed by atoms with Crippen LogP contribution in [0.3, 0.4) is 0 Å². The first-order valence-electron chi connectivity index (χ1n) is 6.89. The molecule has 3 aromatic rings. The van der Waals surface area contributed by atoms with Crippen LogP contribution in [0.4, 0.5) is 5.69 Å². The Balaban J connectivity index is 2.50. The van der Waals surface area contributed by atoms with Crippen LogP contribution in [0.5, 0.6) is 0 Å². The van der Waals surface area contributed by atoms with Gasteiger partial charge in [-0.2, -0.15) is 0 Å². The van der Waals surface area contributed by atoms with Crippen molar-refractivity contribution < 1.29 is 9.53 Å². The van der Waals surface area contributed by atoms with Gasteiger partial charge in [0.25, 0.3) is 5.56 Å². The first-order valence-corrected chi connectivity index (χ1v) is 7.97. The van der Waals surface area contributed by atoms with Crippen molar-refractivity contribution in [3.05, 3.63) is 55.9 Å². The zero-order valence-corrected chi connectivity index (χ0v) is 14.8. The Morgan fingerprint density at radius 1 is 1.25 bits per heavy atom. The van der Waals surface area contributed by atoms with E-state index < -0.39 is 11.5 Å². The number of hydrogen-bond donors (Lipinski definition) is 1. The maximum absolute atomic E-state index is 12.9. The Kier molecular flexibility index (Phi) is 4.31. The topological polar surface area (TPSA) is 87.2 Å². The summed E-state index contributed by atoms with van der Waals surface area (Å²) < 4.78 is 7.02. The van der Waals surface area contributed by atoms with E-state index in [1.165, 1.54) is 11.7 Å². The summed E-state index contributed by atoms with van der Waals surface area (Å²) in [5.41, 5.74) is 6.29. The minimum absolute atomic E-state index is 0.0242. The van der Waals surface area contributed by atoms with Crippen LogP contribution in [0.2, 0.25) is 0 Å². The van der Waals surface area contributed by atoms with E-state index in [1.54, 1.807) is 24.3 Å². The number of halogens is 1. The van der Waals surface area contributed by atoms with Crippen LogP contribution >= 0.6 is 22.6 Å². The number of aromatic nitrogens is 2. The number of esters is 1. The van der Waals surface area contributed by atoms with Crippen molar-refractivity contribution in [1.82, 2.24) is 9.55 Å². The second-order valence-electron chi connectivity index (χ2n) is 5.00. The summed E-state index contributed by atoms with van der Waals surface area (Å²) in [6.45, 7) is 0. The molecule has 0 unspecified atom stereocenters. The molecule has 0 aliphatic carbocycles. The Morgan fingerprint density at radius 3 is 2.54 bits per heavy atom. The fourth-order valence-electron chi connectivity index (χ4n) is 2.43. The van der Waals surface area contributed by atoms with Crippen molar-refractivity contribution in [2.24, 2.45) is 0 Å². The summed E-state index contributed by atoms with van der Waals surface area (Å²) in [6, 6.07) is 10.4. The molecule has 0 saturated heterocycles. The monoisotopic (exact) mass is 431 g/mol. The van der Waals surface area contributed by atoms with E-state index >= 15 is 0 Å². The average Bonchev–Trinajstić information content (AvgIpc) is 2.56. The highest BCUT2D eigenvalue weighted by molar-refractivity contribution is 14.1. The van der Waals surface area contributed by atoms with E-state index in [4.69, 9.17) is 18.3 Å². The van der Waals surface area contributed by atoms with Crippen LogP contribution in [-0.2, 0) is 4.74 Å². The molecule has 0 bridgehead atoms. The molecule has 8 heteroatoms. The van der Waals surface area contributed by atoms with E-state index in [2.05, 4.69) is 27.6 Å². The molecule has 3 rings (SSSR count). The van der Waals surface area contributed by atoms with Gasteiger partial charge in [0.2, 0.25) is 0 Å². The van der Waals surface area contributed by atoms with Gasteiger partial charge in [-0.1, -0.05) is 6.07 Å². The summed E-state index contributed by atoms with van der Waals surface area (Å²) in [5.74, 6) is -0.796. The van der Waals surface area contributed by atoms with Gasteiger partial charge in [-0.25, -0.2) is 9.78 Å². The zero-order chi connectivity index (χ0) is 17.4. The standard InChI is InChI=1S/C16H11BIN3O3/c1-24-16(23)12-13(19)10-6-7-11(17)20-14(10)21(15(12)22)9-4-2-8(18)3-5-9/h2-7H,19H2,1H3. The molecular weight excluding hydrogens is 420 g/mol. The van der Waals surface area contributed by atoms with Crippen LogP contribution < -0.4 is 16.9 Å². The van der Waals surface area contributed by atoms with E-state index in [1.807, 2.05) is 12.1 Å². The fraction of sp³-hybridized carbons (Fsp3) is 0.0625. The normalized spacial score (nSPS) is 10.8. The third-order valence-electron chi connectivity index (χ3n) is 3.56. The predicted octanol–water partition coefficient (Wildman–Crippen LogP) is 1.15. The maximum Gasteiger partial charge on any atom is 0.345 e. The number of ether oxygens (including phenoxy) is 1. The summed E-state index contributed by atoms with van der Waals surface area (Å²) in [5, 5.41) is 0.447. The van der Waals surface area contributed by atoms with Gasteiger partial charge < -0.3 is 10.5 Å². The molecule has 0 saturated carbocycles. The average molecular weight is 431 g/mol. The molecule has 2 aromatic heterocycles. The van der Waals surface area contributed by atoms with Crippen LogP contribution in [0.25, 0.3) is 16.7 Å². The molecule has 0 atom stereocenters. The SMILES string of the molecule is [B]c1ccc2c(N)c(C(=O)OC)c(=O)n(-c3ccc(I)cc3)c2n1. The minimum atomic E-state index is -0.796. The Morgan fingerprint density at radius 2 is 1.92 bits per heavy atom. The fourth-order valence-corrected chi connectivity index (χ4v) is 2.79. The maximum atomic E-state index is 12.9. The lowest BCUT2D eigenvalue weighted by Gasteiger charge is -2.14. The quantitative estimate of drug-likeness (QED) is 0.374. The van der Waals surface area contributed by atoms with Gasteiger partial charge in [-0.15, -0.1) is 0 Å². The Hall–Kier alpha value is -2.36. The smallest absolute Gasteiger partial charge is 0.345 e. The second kappa shape index (κ2) is 6.27. The highest BCUT2D eigenvalue weighted by atomic mass is 127. The second-order valence-corrected chi connectivity index (χ2v) is 6.25. The molecule has 0 aliphatic rings. The van der Waals surface area contributed by atoms with Crippen molar-refractivity contribution in [3.8, 4) is 5.69 Å². The molecule has 118 valence electrons. The zero-order valence-electron chi connectivity index (χ0n) is 12.6. The van der Waals surface area contributed by atoms with Gasteiger partial charge in [0.05, 0.1) is 18.5 Å². The third-order valence-corrected chi connectivity index (χ3v) is 4.28. The highest BCUT2D eigenvalue weighted by Crippen LogP contribution is 2.23. The number of fused-ring (bicyclic) bond motifs is 1. The largest absolute Gasteiger partial charge is 0.465 e. The molecular formula is C16H11BIN3O3. The van der Waals surface area contributed by atoms with Crippen LogP contribution in [0.1, 0.15) is 10.4 Å². The van der Waals surface area contributed by atoms with E-state index in [9.17, 15) is 9.59 Å². The lowest BCUT2D eigenvalue weighted by Crippen LogP contribution is -2.29. The van der Waals surface area contributed by atoms with Gasteiger partial charge in [-0.3, -0.25) is 9.36 Å². The predicted molar refractivity (Wildman–Crippen MR) is 101 cm³/mol. The minimum Gasteiger partial charge on any atom is -0.465 e. The van der Waals surface area contributed by atoms with Crippen molar-refractivity contribution in [2.45, 2.75) is 0 Å². The molecule has 2 heterocycles. The molecule has 0 aliphatic heterocycles. The van der Waals surface area contributed by atoms with Crippen molar-refractivity contribution >= 4 is 58.7 Å². The number of methoxy groups -OCH3 is 1. The molecule has 2 radical (unpaired) electrons. The molecule has 0 fully saturated rings. The number of anilines is 1. The van der Waals surface area contributed by atoms with Gasteiger partial charge in [0, 0.05) is 8.96 Å². The van der Waals surface area contributed by atoms with Crippen LogP contribution in [0.15, 0.2) is 41.2 Å². The van der Waals surface area contributed by atoms with Crippen LogP contribution in [-0.4, -0.2) is 30.5 Å². The number of nitrogen functional groups attached to an aromatic ring is 1. The molecule has 24 heavy (non-hydrogen) atoms. The van der Waals surface area contributed by atoms with E-state index in [0.717, 1.165) is 3.57 Å². The number of hydrogen-bond acceptors (Lipinski definition) is 5. The van der Waals surface area contributed by atoms with Gasteiger partial charge in [-0.05, 0) is 58.5 Å². The molecule has 6 nitrogen and oxygen atoms in total. The lowest BCUT2D eigenvalue weighted by atomic mass is 10.0. The number of benzene rings is 1. The Bertz CT molecular complexity index is 1020. The van der Waals surface area contributed by atoms with Crippen LogP contribution in [0, 0.1) is 3.57 Å². The summed E-state index contributed by atoms with van der Waals surface area (Å²) in [6.07, 6.45) is 0. The number of carbonyl (C=O) groups excluding carboxylic acids is 1. The number of pyridine rings is 2. The summed E-state index contributed by atoms with van der Waals surface area (Å²) in [7, 11) is 6.96. The first kappa shape index (κ1) is 16.5. The summed E-state index contributed by atoms with van der Waals surface area (Å²) >= 11 is 2.16. The van der Waals surface area contributed by atoms with Crippen molar-refractivity contribution in [3.63, 3.8) is 0 Å². The number of nitrogens with zero attached hydrogens (tertiary/aromatic N) is 2. The van der Waals surface area contributed by atoms with E-state index in [-0.39, 0.29) is 22.5 Å². The van der Waals surface area contributed by atoms with Gasteiger partial charge in [0.1, 0.15) is 19.1 Å². The highest BCUT2D eigenvalue weighted by Gasteiger charge is 2.22. The van der Waals surface area contributed by atoms with Crippen molar-refractivity contribution in [1.29, 1.82) is 0 Å². The number of rotatable bonds is 2. The van der Waals surface area contributed by atoms with Crippen molar-refractivity contribution in [2.75, 3.05) is 12.8 Å². The molecule has 2 N–H and O–H groups in total. The van der Waals surface area contributed by atoms with Gasteiger partial charge in [0.15, 0.2) is 0 Å². The number of carbonyl (C=O) groups is 1. The summed E-state index contributed by atoms with van der Waals surface area (Å²) in [4.78, 5) is 29.2. The molecule has 0 amide bonds. The Labute approximate surface area is 152 Å². The molecule has 1 aromatic carbocycles. The molecule has 0 spiro atoms. The number of nitrogens with two attached hydrogens (primary N) is 1.